The first-order valence-corrected chi connectivity index (χ1v) is 13.6. The highest BCUT2D eigenvalue weighted by Gasteiger charge is 2.28. The van der Waals surface area contributed by atoms with Gasteiger partial charge in [-0.25, -0.2) is 9.78 Å². The van der Waals surface area contributed by atoms with E-state index >= 15 is 0 Å². The van der Waals surface area contributed by atoms with E-state index in [-0.39, 0.29) is 6.09 Å². The SMILES string of the molecule is COCCOCCOc1cc(N2CCC(CN3CCN(C(=O)OC(C)(C)C)CC3)CC2)ncc1I. The molecule has 0 saturated carbocycles. The van der Waals surface area contributed by atoms with Crippen LogP contribution in [0.15, 0.2) is 12.3 Å². The Labute approximate surface area is 223 Å². The van der Waals surface area contributed by atoms with Gasteiger partial charge < -0.3 is 28.7 Å². The maximum Gasteiger partial charge on any atom is 0.410 e. The van der Waals surface area contributed by atoms with Crippen LogP contribution in [-0.2, 0) is 14.2 Å². The summed E-state index contributed by atoms with van der Waals surface area (Å²) in [6, 6.07) is 2.05. The fraction of sp³-hybridized carbons (Fsp3) is 0.760. The van der Waals surface area contributed by atoms with E-state index in [4.69, 9.17) is 18.9 Å². The van der Waals surface area contributed by atoms with Gasteiger partial charge in [0.2, 0.25) is 0 Å². The van der Waals surface area contributed by atoms with Crippen LogP contribution in [0.25, 0.3) is 0 Å². The van der Waals surface area contributed by atoms with Gasteiger partial charge in [0, 0.05) is 65.2 Å². The number of ether oxygens (including phenoxy) is 4. The number of aromatic nitrogens is 1. The lowest BCUT2D eigenvalue weighted by molar-refractivity contribution is 0.0130. The maximum atomic E-state index is 12.3. The number of rotatable bonds is 10. The molecule has 0 unspecified atom stereocenters. The third kappa shape index (κ3) is 9.55. The largest absolute Gasteiger partial charge is 0.490 e. The summed E-state index contributed by atoms with van der Waals surface area (Å²) in [6.45, 7) is 14.3. The highest BCUT2D eigenvalue weighted by atomic mass is 127. The topological polar surface area (TPSA) is 76.6 Å². The molecule has 0 spiro atoms. The molecule has 3 heterocycles. The summed E-state index contributed by atoms with van der Waals surface area (Å²) in [5, 5.41) is 0. The zero-order valence-electron chi connectivity index (χ0n) is 21.6. The lowest BCUT2D eigenvalue weighted by Crippen LogP contribution is -2.51. The number of methoxy groups -OCH3 is 1. The molecule has 3 rings (SSSR count). The standard InChI is InChI=1S/C25H41IN4O5/c1-25(2,3)35-24(31)30-11-9-28(10-12-30)19-20-5-7-29(8-6-20)23-17-22(21(26)18-27-23)34-16-15-33-14-13-32-4/h17-18,20H,5-16,19H2,1-4H3. The smallest absolute Gasteiger partial charge is 0.410 e. The Balaban J connectivity index is 1.39. The van der Waals surface area contributed by atoms with Crippen LogP contribution < -0.4 is 9.64 Å². The summed E-state index contributed by atoms with van der Waals surface area (Å²) in [7, 11) is 1.67. The molecule has 2 aliphatic heterocycles. The van der Waals surface area contributed by atoms with Crippen molar-refractivity contribution in [3.8, 4) is 5.75 Å². The molecular formula is C25H41IN4O5. The zero-order valence-corrected chi connectivity index (χ0v) is 23.8. The van der Waals surface area contributed by atoms with Crippen LogP contribution >= 0.6 is 22.6 Å². The van der Waals surface area contributed by atoms with Crippen LogP contribution in [0.3, 0.4) is 0 Å². The van der Waals surface area contributed by atoms with E-state index in [0.717, 1.165) is 73.8 Å². The van der Waals surface area contributed by atoms with Crippen LogP contribution in [0.1, 0.15) is 33.6 Å². The van der Waals surface area contributed by atoms with Crippen LogP contribution in [0.4, 0.5) is 10.6 Å². The van der Waals surface area contributed by atoms with Gasteiger partial charge in [0.25, 0.3) is 0 Å². The number of halogens is 1. The lowest BCUT2D eigenvalue weighted by Gasteiger charge is -2.39. The highest BCUT2D eigenvalue weighted by Crippen LogP contribution is 2.28. The normalized spacial score (nSPS) is 18.1. The van der Waals surface area contributed by atoms with Crippen molar-refractivity contribution in [2.24, 2.45) is 5.92 Å². The minimum absolute atomic E-state index is 0.197. The molecule has 10 heteroatoms. The molecule has 2 aliphatic rings. The number of hydrogen-bond acceptors (Lipinski definition) is 8. The molecule has 1 aromatic heterocycles. The summed E-state index contributed by atoms with van der Waals surface area (Å²) in [4.78, 5) is 23.6. The van der Waals surface area contributed by atoms with Crippen LogP contribution in [0.2, 0.25) is 0 Å². The van der Waals surface area contributed by atoms with Crippen LogP contribution in [0.5, 0.6) is 5.75 Å². The van der Waals surface area contributed by atoms with E-state index in [2.05, 4.69) is 37.4 Å². The van der Waals surface area contributed by atoms with Gasteiger partial charge in [0.05, 0.1) is 23.4 Å². The van der Waals surface area contributed by atoms with E-state index in [0.29, 0.717) is 32.3 Å². The molecule has 1 amide bonds. The minimum Gasteiger partial charge on any atom is -0.490 e. The van der Waals surface area contributed by atoms with Gasteiger partial charge in [0.1, 0.15) is 23.8 Å². The van der Waals surface area contributed by atoms with Gasteiger partial charge in [-0.1, -0.05) is 0 Å². The van der Waals surface area contributed by atoms with Crippen molar-refractivity contribution >= 4 is 34.5 Å². The second kappa shape index (κ2) is 13.8. The quantitative estimate of drug-likeness (QED) is 0.297. The Kier molecular flexibility index (Phi) is 11.1. The molecule has 0 atom stereocenters. The molecule has 9 nitrogen and oxygen atoms in total. The Morgan fingerprint density at radius 1 is 1.06 bits per heavy atom. The first-order chi connectivity index (χ1) is 16.7. The maximum absolute atomic E-state index is 12.3. The number of anilines is 1. The average molecular weight is 605 g/mol. The number of nitrogens with zero attached hydrogens (tertiary/aromatic N) is 4. The van der Waals surface area contributed by atoms with E-state index < -0.39 is 5.60 Å². The van der Waals surface area contributed by atoms with Crippen molar-refractivity contribution in [2.75, 3.05) is 84.3 Å². The van der Waals surface area contributed by atoms with Crippen molar-refractivity contribution in [2.45, 2.75) is 39.2 Å². The van der Waals surface area contributed by atoms with Crippen molar-refractivity contribution in [1.29, 1.82) is 0 Å². The summed E-state index contributed by atoms with van der Waals surface area (Å²) in [6.07, 6.45) is 3.97. The molecule has 0 aliphatic carbocycles. The number of carbonyl (C=O) groups is 1. The van der Waals surface area contributed by atoms with Gasteiger partial charge >= 0.3 is 6.09 Å². The molecule has 1 aromatic rings. The third-order valence-corrected chi connectivity index (χ3v) is 7.01. The molecule has 2 saturated heterocycles. The van der Waals surface area contributed by atoms with Crippen molar-refractivity contribution in [3.63, 3.8) is 0 Å². The minimum atomic E-state index is -0.445. The monoisotopic (exact) mass is 604 g/mol. The number of piperazine rings is 1. The summed E-state index contributed by atoms with van der Waals surface area (Å²) in [5.41, 5.74) is -0.445. The van der Waals surface area contributed by atoms with E-state index in [1.165, 1.54) is 0 Å². The molecule has 0 radical (unpaired) electrons. The Hall–Kier alpha value is -1.37. The second-order valence-corrected chi connectivity index (χ2v) is 11.3. The molecule has 0 N–H and O–H groups in total. The Morgan fingerprint density at radius 3 is 2.40 bits per heavy atom. The van der Waals surface area contributed by atoms with E-state index in [9.17, 15) is 4.79 Å². The molecular weight excluding hydrogens is 563 g/mol. The van der Waals surface area contributed by atoms with Crippen molar-refractivity contribution < 1.29 is 23.7 Å². The second-order valence-electron chi connectivity index (χ2n) is 10.1. The predicted octanol–water partition coefficient (Wildman–Crippen LogP) is 3.50. The average Bonchev–Trinajstić information content (AvgIpc) is 2.82. The molecule has 0 bridgehead atoms. The van der Waals surface area contributed by atoms with Crippen LogP contribution in [0, 0.1) is 9.49 Å². The number of pyridine rings is 1. The first-order valence-electron chi connectivity index (χ1n) is 12.6. The molecule has 35 heavy (non-hydrogen) atoms. The summed E-state index contributed by atoms with van der Waals surface area (Å²) >= 11 is 2.26. The fourth-order valence-electron chi connectivity index (χ4n) is 4.30. The molecule has 198 valence electrons. The van der Waals surface area contributed by atoms with Crippen molar-refractivity contribution in [1.82, 2.24) is 14.8 Å². The molecule has 2 fully saturated rings. The predicted molar refractivity (Wildman–Crippen MR) is 144 cm³/mol. The van der Waals surface area contributed by atoms with E-state index in [1.807, 2.05) is 37.9 Å². The Bertz CT molecular complexity index is 791. The lowest BCUT2D eigenvalue weighted by atomic mass is 9.96. The number of piperidine rings is 1. The Morgan fingerprint density at radius 2 is 1.74 bits per heavy atom. The van der Waals surface area contributed by atoms with Gasteiger partial charge in [-0.05, 0) is 62.1 Å². The van der Waals surface area contributed by atoms with Gasteiger partial charge in [0.15, 0.2) is 0 Å². The highest BCUT2D eigenvalue weighted by molar-refractivity contribution is 14.1. The van der Waals surface area contributed by atoms with E-state index in [1.54, 1.807) is 7.11 Å². The summed E-state index contributed by atoms with van der Waals surface area (Å²) in [5.74, 6) is 2.50. The van der Waals surface area contributed by atoms with Crippen molar-refractivity contribution in [3.05, 3.63) is 15.8 Å². The van der Waals surface area contributed by atoms with Gasteiger partial charge in [-0.2, -0.15) is 0 Å². The number of amides is 1. The molecule has 0 aromatic carbocycles. The van der Waals surface area contributed by atoms with Gasteiger partial charge in [-0.15, -0.1) is 0 Å². The van der Waals surface area contributed by atoms with Gasteiger partial charge in [-0.3, -0.25) is 4.90 Å². The fourth-order valence-corrected chi connectivity index (χ4v) is 4.75. The third-order valence-electron chi connectivity index (χ3n) is 6.20. The van der Waals surface area contributed by atoms with Crippen LogP contribution in [-0.4, -0.2) is 106 Å². The summed E-state index contributed by atoms with van der Waals surface area (Å²) < 4.78 is 22.9. The number of hydrogen-bond donors (Lipinski definition) is 0. The first kappa shape index (κ1) is 28.2. The zero-order chi connectivity index (χ0) is 25.3. The number of carbonyl (C=O) groups excluding carboxylic acids is 1.